The number of ether oxygens (including phenoxy) is 1. The van der Waals surface area contributed by atoms with Crippen molar-refractivity contribution in [1.82, 2.24) is 5.32 Å². The maximum Gasteiger partial charge on any atom is 0.253 e. The minimum Gasteiger partial charge on any atom is -0.495 e. The van der Waals surface area contributed by atoms with Gasteiger partial charge in [-0.05, 0) is 43.7 Å². The van der Waals surface area contributed by atoms with Gasteiger partial charge < -0.3 is 25.2 Å². The smallest absolute Gasteiger partial charge is 0.253 e. The highest BCUT2D eigenvalue weighted by molar-refractivity contribution is 6.02. The van der Waals surface area contributed by atoms with E-state index in [9.17, 15) is 9.59 Å². The van der Waals surface area contributed by atoms with E-state index in [0.29, 0.717) is 11.3 Å². The third kappa shape index (κ3) is 5.97. The van der Waals surface area contributed by atoms with Crippen molar-refractivity contribution in [3.8, 4) is 5.75 Å². The molecule has 1 atom stereocenters. The number of piperazine rings is 1. The van der Waals surface area contributed by atoms with Gasteiger partial charge in [-0.3, -0.25) is 9.59 Å². The van der Waals surface area contributed by atoms with Crippen LogP contribution in [0, 0.1) is 5.92 Å². The number of hydrogen-bond acceptors (Lipinski definition) is 5. The zero-order valence-corrected chi connectivity index (χ0v) is 20.4. The Labute approximate surface area is 197 Å². The van der Waals surface area contributed by atoms with Gasteiger partial charge in [0, 0.05) is 49.5 Å². The Balaban J connectivity index is 1.82. The molecule has 1 fully saturated rings. The number of benzene rings is 2. The molecule has 1 unspecified atom stereocenters. The minimum absolute atomic E-state index is 0.0681. The topological polar surface area (TPSA) is 73.9 Å². The Hall–Kier alpha value is -3.22. The number of nitrogens with zero attached hydrogens (tertiary/aromatic N) is 2. The highest BCUT2D eigenvalue weighted by Crippen LogP contribution is 2.31. The number of methoxy groups -OCH3 is 1. The summed E-state index contributed by atoms with van der Waals surface area (Å²) in [6.07, 6.45) is 0.850. The van der Waals surface area contributed by atoms with E-state index >= 15 is 0 Å². The molecule has 2 N–H and O–H groups in total. The molecule has 0 bridgehead atoms. The van der Waals surface area contributed by atoms with E-state index < -0.39 is 0 Å². The average molecular weight is 453 g/mol. The number of carbonyl (C=O) groups excluding carboxylic acids is 2. The second-order valence-electron chi connectivity index (χ2n) is 8.80. The van der Waals surface area contributed by atoms with Gasteiger partial charge in [0.1, 0.15) is 5.75 Å². The fourth-order valence-electron chi connectivity index (χ4n) is 3.84. The fraction of sp³-hybridized carbons (Fsp3) is 0.462. The Morgan fingerprint density at radius 3 is 2.21 bits per heavy atom. The van der Waals surface area contributed by atoms with Crippen molar-refractivity contribution in [1.29, 1.82) is 0 Å². The van der Waals surface area contributed by atoms with Crippen LogP contribution < -0.4 is 25.2 Å². The molecule has 1 saturated heterocycles. The van der Waals surface area contributed by atoms with E-state index in [-0.39, 0.29) is 23.8 Å². The van der Waals surface area contributed by atoms with Crippen LogP contribution in [-0.2, 0) is 4.79 Å². The molecule has 1 aliphatic rings. The minimum atomic E-state index is -0.134. The average Bonchev–Trinajstić information content (AvgIpc) is 2.83. The van der Waals surface area contributed by atoms with Crippen LogP contribution in [0.25, 0.3) is 0 Å². The van der Waals surface area contributed by atoms with Gasteiger partial charge in [-0.1, -0.05) is 32.9 Å². The van der Waals surface area contributed by atoms with Crippen molar-refractivity contribution in [2.75, 3.05) is 48.4 Å². The molecule has 0 aromatic heterocycles. The van der Waals surface area contributed by atoms with Crippen LogP contribution >= 0.6 is 0 Å². The number of nitrogens with one attached hydrogen (secondary N) is 2. The lowest BCUT2D eigenvalue weighted by Gasteiger charge is -2.38. The van der Waals surface area contributed by atoms with E-state index in [1.165, 1.54) is 0 Å². The first-order chi connectivity index (χ1) is 15.8. The second kappa shape index (κ2) is 11.1. The van der Waals surface area contributed by atoms with Gasteiger partial charge in [-0.15, -0.1) is 0 Å². The van der Waals surface area contributed by atoms with Crippen molar-refractivity contribution in [3.63, 3.8) is 0 Å². The molecule has 2 amide bonds. The first kappa shape index (κ1) is 24.4. The molecule has 0 saturated carbocycles. The molecule has 1 heterocycles. The van der Waals surface area contributed by atoms with E-state index in [2.05, 4.69) is 26.5 Å². The number of anilines is 3. The normalized spacial score (nSPS) is 14.7. The lowest BCUT2D eigenvalue weighted by atomic mass is 10.1. The Bertz CT molecular complexity index is 968. The van der Waals surface area contributed by atoms with E-state index in [4.69, 9.17) is 4.74 Å². The second-order valence-corrected chi connectivity index (χ2v) is 8.80. The molecular weight excluding hydrogens is 416 g/mol. The summed E-state index contributed by atoms with van der Waals surface area (Å²) in [4.78, 5) is 29.9. The summed E-state index contributed by atoms with van der Waals surface area (Å²) in [6, 6.07) is 13.7. The zero-order chi connectivity index (χ0) is 24.0. The van der Waals surface area contributed by atoms with Gasteiger partial charge in [0.15, 0.2) is 0 Å². The maximum atomic E-state index is 13.1. The molecule has 33 heavy (non-hydrogen) atoms. The van der Waals surface area contributed by atoms with Gasteiger partial charge >= 0.3 is 0 Å². The molecule has 0 aliphatic carbocycles. The number of para-hydroxylation sites is 2. The summed E-state index contributed by atoms with van der Waals surface area (Å²) in [5.41, 5.74) is 3.20. The quantitative estimate of drug-likeness (QED) is 0.630. The van der Waals surface area contributed by atoms with Gasteiger partial charge in [-0.25, -0.2) is 0 Å². The first-order valence-electron chi connectivity index (χ1n) is 11.7. The molecular formula is C26H36N4O3. The highest BCUT2D eigenvalue weighted by Gasteiger charge is 2.24. The maximum absolute atomic E-state index is 13.1. The van der Waals surface area contributed by atoms with Crippen molar-refractivity contribution < 1.29 is 14.3 Å². The van der Waals surface area contributed by atoms with E-state index in [1.807, 2.05) is 58.0 Å². The van der Waals surface area contributed by atoms with E-state index in [0.717, 1.165) is 49.7 Å². The third-order valence-electron chi connectivity index (χ3n) is 6.07. The molecule has 2 aromatic carbocycles. The zero-order valence-electron chi connectivity index (χ0n) is 20.4. The Morgan fingerprint density at radius 2 is 1.61 bits per heavy atom. The van der Waals surface area contributed by atoms with Crippen LogP contribution in [0.4, 0.5) is 17.1 Å². The predicted molar refractivity (Wildman–Crippen MR) is 135 cm³/mol. The molecule has 178 valence electrons. The molecule has 7 heteroatoms. The first-order valence-corrected chi connectivity index (χ1v) is 11.7. The lowest BCUT2D eigenvalue weighted by molar-refractivity contribution is -0.118. The largest absolute Gasteiger partial charge is 0.495 e. The number of rotatable bonds is 8. The van der Waals surface area contributed by atoms with Crippen LogP contribution in [-0.4, -0.2) is 51.1 Å². The monoisotopic (exact) mass is 452 g/mol. The summed E-state index contributed by atoms with van der Waals surface area (Å²) in [7, 11) is 1.69. The van der Waals surface area contributed by atoms with E-state index in [1.54, 1.807) is 13.2 Å². The number of hydrogen-bond donors (Lipinski definition) is 2. The molecule has 7 nitrogen and oxygen atoms in total. The molecule has 0 radical (unpaired) electrons. The lowest BCUT2D eigenvalue weighted by Crippen LogP contribution is -2.47. The molecule has 3 rings (SSSR count). The summed E-state index contributed by atoms with van der Waals surface area (Å²) < 4.78 is 5.53. The van der Waals surface area contributed by atoms with Gasteiger partial charge in [-0.2, -0.15) is 0 Å². The standard InChI is InChI=1S/C26H36N4O3/c1-6-19(4)27-26(32)21-17-20(28-25(31)18(2)3)11-12-22(21)29-13-15-30(16-14-29)23-9-7-8-10-24(23)33-5/h7-12,17-19H,6,13-16H2,1-5H3,(H,27,32)(H,28,31). The Kier molecular flexibility index (Phi) is 8.20. The van der Waals surface area contributed by atoms with Crippen LogP contribution in [0.2, 0.25) is 0 Å². The van der Waals surface area contributed by atoms with Crippen LogP contribution in [0.1, 0.15) is 44.5 Å². The highest BCUT2D eigenvalue weighted by atomic mass is 16.5. The molecule has 2 aromatic rings. The summed E-state index contributed by atoms with van der Waals surface area (Å²) in [5.74, 6) is 0.545. The predicted octanol–water partition coefficient (Wildman–Crippen LogP) is 4.14. The molecule has 0 spiro atoms. The van der Waals surface area contributed by atoms with Crippen molar-refractivity contribution in [3.05, 3.63) is 48.0 Å². The van der Waals surface area contributed by atoms with Crippen molar-refractivity contribution in [2.45, 2.75) is 40.2 Å². The van der Waals surface area contributed by atoms with Crippen molar-refractivity contribution in [2.24, 2.45) is 5.92 Å². The fourth-order valence-corrected chi connectivity index (χ4v) is 3.84. The number of amides is 2. The van der Waals surface area contributed by atoms with Crippen LogP contribution in [0.15, 0.2) is 42.5 Å². The van der Waals surface area contributed by atoms with Crippen LogP contribution in [0.3, 0.4) is 0 Å². The SMILES string of the molecule is CCC(C)NC(=O)c1cc(NC(=O)C(C)C)ccc1N1CCN(c2ccccc2OC)CC1. The Morgan fingerprint density at radius 1 is 0.970 bits per heavy atom. The van der Waals surface area contributed by atoms with Crippen molar-refractivity contribution >= 4 is 28.9 Å². The molecule has 1 aliphatic heterocycles. The number of carbonyl (C=O) groups is 2. The third-order valence-corrected chi connectivity index (χ3v) is 6.07. The van der Waals surface area contributed by atoms with Crippen LogP contribution in [0.5, 0.6) is 5.75 Å². The van der Waals surface area contributed by atoms with Gasteiger partial charge in [0.05, 0.1) is 18.4 Å². The van der Waals surface area contributed by atoms with Gasteiger partial charge in [0.2, 0.25) is 5.91 Å². The summed E-state index contributed by atoms with van der Waals surface area (Å²) >= 11 is 0. The van der Waals surface area contributed by atoms with Gasteiger partial charge in [0.25, 0.3) is 5.91 Å². The summed E-state index contributed by atoms with van der Waals surface area (Å²) in [6.45, 7) is 10.9. The summed E-state index contributed by atoms with van der Waals surface area (Å²) in [5, 5.41) is 5.99.